The van der Waals surface area contributed by atoms with Crippen LogP contribution in [0.5, 0.6) is 0 Å². The normalized spacial score (nSPS) is 17.7. The number of esters is 1. The first-order valence-corrected chi connectivity index (χ1v) is 5.13. The van der Waals surface area contributed by atoms with Gasteiger partial charge < -0.3 is 14.8 Å². The van der Waals surface area contributed by atoms with Gasteiger partial charge >= 0.3 is 11.9 Å². The molecule has 86 valence electrons. The minimum atomic E-state index is -0.830. The summed E-state index contributed by atoms with van der Waals surface area (Å²) in [4.78, 5) is 22.2. The molecule has 1 aliphatic carbocycles. The largest absolute Gasteiger partial charge is 0.459 e. The first-order valence-electron chi connectivity index (χ1n) is 5.13. The van der Waals surface area contributed by atoms with Crippen molar-refractivity contribution in [3.8, 4) is 0 Å². The van der Waals surface area contributed by atoms with E-state index in [0.717, 1.165) is 19.3 Å². The van der Waals surface area contributed by atoms with Gasteiger partial charge in [-0.25, -0.2) is 4.79 Å². The van der Waals surface area contributed by atoms with E-state index in [1.54, 1.807) is 14.0 Å². The number of hydrogen-bond donors (Lipinski definition) is 1. The second-order valence-corrected chi connectivity index (χ2v) is 3.64. The summed E-state index contributed by atoms with van der Waals surface area (Å²) in [6.07, 6.45) is 2.95. The summed E-state index contributed by atoms with van der Waals surface area (Å²) >= 11 is 0. The molecule has 0 unspecified atom stereocenters. The van der Waals surface area contributed by atoms with E-state index < -0.39 is 11.9 Å². The summed E-state index contributed by atoms with van der Waals surface area (Å²) in [5.74, 6) is -1.52. The number of carbonyl (C=O) groups excluding carboxylic acids is 2. The lowest BCUT2D eigenvalue weighted by Gasteiger charge is -2.40. The first-order chi connectivity index (χ1) is 7.13. The number of amides is 1. The standard InChI is InChI=1S/C10H17NO4/c1-3-15-9(13)8(12)11-7-10(14-2)5-4-6-10/h3-7H2,1-2H3,(H,11,12). The first kappa shape index (κ1) is 12.0. The molecule has 1 aliphatic rings. The van der Waals surface area contributed by atoms with Gasteiger partial charge in [0.1, 0.15) is 0 Å². The number of rotatable bonds is 4. The Bertz CT molecular complexity index is 242. The van der Waals surface area contributed by atoms with Crippen molar-refractivity contribution in [3.05, 3.63) is 0 Å². The Morgan fingerprint density at radius 3 is 2.47 bits per heavy atom. The predicted octanol–water partition coefficient (Wildman–Crippen LogP) is 0.235. The molecular formula is C10H17NO4. The molecular weight excluding hydrogens is 198 g/mol. The molecule has 1 rings (SSSR count). The zero-order valence-electron chi connectivity index (χ0n) is 9.17. The zero-order chi connectivity index (χ0) is 11.3. The smallest absolute Gasteiger partial charge is 0.396 e. The Hall–Kier alpha value is -1.10. The quantitative estimate of drug-likeness (QED) is 0.538. The van der Waals surface area contributed by atoms with Crippen LogP contribution < -0.4 is 5.32 Å². The lowest BCUT2D eigenvalue weighted by molar-refractivity contribution is -0.155. The van der Waals surface area contributed by atoms with Gasteiger partial charge in [-0.1, -0.05) is 0 Å². The molecule has 0 bridgehead atoms. The molecule has 1 N–H and O–H groups in total. The van der Waals surface area contributed by atoms with Crippen LogP contribution in [-0.4, -0.2) is 37.7 Å². The third-order valence-corrected chi connectivity index (χ3v) is 2.73. The van der Waals surface area contributed by atoms with Crippen LogP contribution in [0.25, 0.3) is 0 Å². The minimum Gasteiger partial charge on any atom is -0.459 e. The van der Waals surface area contributed by atoms with Crippen LogP contribution in [0.1, 0.15) is 26.2 Å². The Balaban J connectivity index is 2.30. The Labute approximate surface area is 89.1 Å². The zero-order valence-corrected chi connectivity index (χ0v) is 9.17. The molecule has 0 radical (unpaired) electrons. The Morgan fingerprint density at radius 1 is 1.40 bits per heavy atom. The highest BCUT2D eigenvalue weighted by molar-refractivity contribution is 6.32. The van der Waals surface area contributed by atoms with Gasteiger partial charge in [0.15, 0.2) is 0 Å². The second kappa shape index (κ2) is 5.11. The highest BCUT2D eigenvalue weighted by Gasteiger charge is 2.37. The van der Waals surface area contributed by atoms with Gasteiger partial charge in [-0.15, -0.1) is 0 Å². The van der Waals surface area contributed by atoms with Gasteiger partial charge in [-0.3, -0.25) is 4.79 Å². The molecule has 0 aliphatic heterocycles. The van der Waals surface area contributed by atoms with Crippen molar-refractivity contribution < 1.29 is 19.1 Å². The van der Waals surface area contributed by atoms with E-state index >= 15 is 0 Å². The molecule has 0 aromatic heterocycles. The number of carbonyl (C=O) groups is 2. The van der Waals surface area contributed by atoms with Crippen molar-refractivity contribution in [2.45, 2.75) is 31.8 Å². The number of nitrogens with one attached hydrogen (secondary N) is 1. The summed E-state index contributed by atoms with van der Waals surface area (Å²) in [5, 5.41) is 2.52. The van der Waals surface area contributed by atoms with E-state index in [4.69, 9.17) is 4.74 Å². The molecule has 0 atom stereocenters. The SMILES string of the molecule is CCOC(=O)C(=O)NCC1(OC)CCC1. The lowest BCUT2D eigenvalue weighted by Crippen LogP contribution is -2.50. The van der Waals surface area contributed by atoms with Crippen molar-refractivity contribution in [3.63, 3.8) is 0 Å². The highest BCUT2D eigenvalue weighted by Crippen LogP contribution is 2.34. The second-order valence-electron chi connectivity index (χ2n) is 3.64. The summed E-state index contributed by atoms with van der Waals surface area (Å²) in [7, 11) is 1.62. The van der Waals surface area contributed by atoms with Crippen molar-refractivity contribution in [2.24, 2.45) is 0 Å². The fourth-order valence-corrected chi connectivity index (χ4v) is 1.53. The van der Waals surface area contributed by atoms with Gasteiger partial charge in [0.2, 0.25) is 0 Å². The van der Waals surface area contributed by atoms with Gasteiger partial charge in [-0.2, -0.15) is 0 Å². The van der Waals surface area contributed by atoms with E-state index in [1.807, 2.05) is 0 Å². The van der Waals surface area contributed by atoms with E-state index in [-0.39, 0.29) is 12.2 Å². The van der Waals surface area contributed by atoms with Gasteiger partial charge in [0.05, 0.1) is 12.2 Å². The van der Waals surface area contributed by atoms with Gasteiger partial charge in [-0.05, 0) is 26.2 Å². The van der Waals surface area contributed by atoms with E-state index in [0.29, 0.717) is 6.54 Å². The van der Waals surface area contributed by atoms with Crippen LogP contribution >= 0.6 is 0 Å². The van der Waals surface area contributed by atoms with Crippen LogP contribution in [0.4, 0.5) is 0 Å². The molecule has 0 saturated heterocycles. The number of hydrogen-bond acceptors (Lipinski definition) is 4. The van der Waals surface area contributed by atoms with Crippen molar-refractivity contribution in [2.75, 3.05) is 20.3 Å². The molecule has 0 aromatic rings. The van der Waals surface area contributed by atoms with Crippen LogP contribution in [0.3, 0.4) is 0 Å². The monoisotopic (exact) mass is 215 g/mol. The summed E-state index contributed by atoms with van der Waals surface area (Å²) < 4.78 is 9.86. The maximum atomic E-state index is 11.2. The van der Waals surface area contributed by atoms with Crippen LogP contribution in [0.2, 0.25) is 0 Å². The van der Waals surface area contributed by atoms with Crippen LogP contribution in [-0.2, 0) is 19.1 Å². The van der Waals surface area contributed by atoms with Crippen molar-refractivity contribution >= 4 is 11.9 Å². The Morgan fingerprint density at radius 2 is 2.07 bits per heavy atom. The van der Waals surface area contributed by atoms with Crippen LogP contribution in [0.15, 0.2) is 0 Å². The van der Waals surface area contributed by atoms with Gasteiger partial charge in [0, 0.05) is 13.7 Å². The predicted molar refractivity (Wildman–Crippen MR) is 53.2 cm³/mol. The van der Waals surface area contributed by atoms with E-state index in [2.05, 4.69) is 10.1 Å². The molecule has 1 amide bonds. The molecule has 0 heterocycles. The van der Waals surface area contributed by atoms with Crippen molar-refractivity contribution in [1.82, 2.24) is 5.32 Å². The Kier molecular flexibility index (Phi) is 4.08. The lowest BCUT2D eigenvalue weighted by atomic mass is 9.80. The molecule has 1 saturated carbocycles. The topological polar surface area (TPSA) is 64.6 Å². The maximum absolute atomic E-state index is 11.2. The van der Waals surface area contributed by atoms with Gasteiger partial charge in [0.25, 0.3) is 0 Å². The molecule has 5 nitrogen and oxygen atoms in total. The average Bonchev–Trinajstić information content (AvgIpc) is 2.17. The molecule has 15 heavy (non-hydrogen) atoms. The summed E-state index contributed by atoms with van der Waals surface area (Å²) in [5.41, 5.74) is -0.262. The van der Waals surface area contributed by atoms with Crippen molar-refractivity contribution in [1.29, 1.82) is 0 Å². The molecule has 5 heteroatoms. The van der Waals surface area contributed by atoms with Crippen LogP contribution in [0, 0.1) is 0 Å². The minimum absolute atomic E-state index is 0.210. The number of ether oxygens (including phenoxy) is 2. The highest BCUT2D eigenvalue weighted by atomic mass is 16.5. The summed E-state index contributed by atoms with van der Waals surface area (Å²) in [6, 6.07) is 0. The molecule has 1 fully saturated rings. The average molecular weight is 215 g/mol. The third-order valence-electron chi connectivity index (χ3n) is 2.73. The van der Waals surface area contributed by atoms with E-state index in [9.17, 15) is 9.59 Å². The maximum Gasteiger partial charge on any atom is 0.396 e. The summed E-state index contributed by atoms with van der Waals surface area (Å²) in [6.45, 7) is 2.25. The number of methoxy groups -OCH3 is 1. The fourth-order valence-electron chi connectivity index (χ4n) is 1.53. The molecule has 0 aromatic carbocycles. The molecule has 0 spiro atoms. The van der Waals surface area contributed by atoms with E-state index in [1.165, 1.54) is 0 Å². The third kappa shape index (κ3) is 2.92. The fraction of sp³-hybridized carbons (Fsp3) is 0.800.